The number of nitrogens with one attached hydrogen (secondary N) is 2. The molecule has 0 saturated heterocycles. The van der Waals surface area contributed by atoms with Crippen LogP contribution in [0, 0.1) is 5.92 Å². The van der Waals surface area contributed by atoms with Gasteiger partial charge in [-0.3, -0.25) is 4.79 Å². The monoisotopic (exact) mass is 289 g/mol. The van der Waals surface area contributed by atoms with Gasteiger partial charge in [0.1, 0.15) is 5.82 Å². The SMILES string of the molecule is CCCNc1cc(C(=O)NC2CC2CC)cc(CCC)n1. The fourth-order valence-electron chi connectivity index (χ4n) is 2.57. The third-order valence-electron chi connectivity index (χ3n) is 3.97. The van der Waals surface area contributed by atoms with Crippen LogP contribution in [0.2, 0.25) is 0 Å². The molecule has 1 aliphatic carbocycles. The van der Waals surface area contributed by atoms with E-state index in [4.69, 9.17) is 0 Å². The van der Waals surface area contributed by atoms with Gasteiger partial charge < -0.3 is 10.6 Å². The molecule has 1 heterocycles. The number of carbonyl (C=O) groups is 1. The molecule has 0 bridgehead atoms. The van der Waals surface area contributed by atoms with Crippen molar-refractivity contribution in [1.29, 1.82) is 0 Å². The Hall–Kier alpha value is -1.58. The van der Waals surface area contributed by atoms with Gasteiger partial charge >= 0.3 is 0 Å². The number of nitrogens with zero attached hydrogens (tertiary/aromatic N) is 1. The molecule has 1 saturated carbocycles. The lowest BCUT2D eigenvalue weighted by molar-refractivity contribution is 0.0949. The summed E-state index contributed by atoms with van der Waals surface area (Å²) in [6, 6.07) is 4.17. The van der Waals surface area contributed by atoms with Gasteiger partial charge in [-0.05, 0) is 37.3 Å². The minimum atomic E-state index is 0.0373. The quantitative estimate of drug-likeness (QED) is 0.771. The summed E-state index contributed by atoms with van der Waals surface area (Å²) >= 11 is 0. The van der Waals surface area contributed by atoms with Crippen LogP contribution in [0.4, 0.5) is 5.82 Å². The summed E-state index contributed by atoms with van der Waals surface area (Å²) in [6.07, 6.45) is 5.25. The third kappa shape index (κ3) is 4.45. The van der Waals surface area contributed by atoms with Crippen molar-refractivity contribution in [2.24, 2.45) is 5.92 Å². The summed E-state index contributed by atoms with van der Waals surface area (Å²) < 4.78 is 0. The van der Waals surface area contributed by atoms with Crippen molar-refractivity contribution in [1.82, 2.24) is 10.3 Å². The maximum absolute atomic E-state index is 12.4. The van der Waals surface area contributed by atoms with Gasteiger partial charge in [-0.25, -0.2) is 4.98 Å². The molecule has 1 fully saturated rings. The Morgan fingerprint density at radius 1 is 1.29 bits per heavy atom. The van der Waals surface area contributed by atoms with E-state index in [0.717, 1.165) is 55.7 Å². The molecule has 2 unspecified atom stereocenters. The van der Waals surface area contributed by atoms with E-state index < -0.39 is 0 Å². The van der Waals surface area contributed by atoms with Crippen molar-refractivity contribution < 1.29 is 4.79 Å². The first-order valence-corrected chi connectivity index (χ1v) is 8.23. The van der Waals surface area contributed by atoms with Crippen LogP contribution < -0.4 is 10.6 Å². The van der Waals surface area contributed by atoms with E-state index in [-0.39, 0.29) is 5.91 Å². The average Bonchev–Trinajstić information content (AvgIpc) is 3.23. The molecule has 2 N–H and O–H groups in total. The molecule has 21 heavy (non-hydrogen) atoms. The van der Waals surface area contributed by atoms with Crippen LogP contribution in [-0.4, -0.2) is 23.5 Å². The van der Waals surface area contributed by atoms with Crippen LogP contribution in [-0.2, 0) is 6.42 Å². The number of aryl methyl sites for hydroxylation is 1. The third-order valence-corrected chi connectivity index (χ3v) is 3.97. The van der Waals surface area contributed by atoms with Crippen LogP contribution in [0.3, 0.4) is 0 Å². The summed E-state index contributed by atoms with van der Waals surface area (Å²) in [4.78, 5) is 17.0. The fraction of sp³-hybridized carbons (Fsp3) is 0.647. The van der Waals surface area contributed by atoms with Crippen LogP contribution in [0.5, 0.6) is 0 Å². The van der Waals surface area contributed by atoms with Crippen LogP contribution in [0.15, 0.2) is 12.1 Å². The maximum atomic E-state index is 12.4. The van der Waals surface area contributed by atoms with Crippen molar-refractivity contribution in [3.63, 3.8) is 0 Å². The topological polar surface area (TPSA) is 54.0 Å². The molecular formula is C17H27N3O. The number of anilines is 1. The number of hydrogen-bond acceptors (Lipinski definition) is 3. The van der Waals surface area contributed by atoms with Crippen molar-refractivity contribution in [3.8, 4) is 0 Å². The van der Waals surface area contributed by atoms with Crippen molar-refractivity contribution in [2.75, 3.05) is 11.9 Å². The van der Waals surface area contributed by atoms with Gasteiger partial charge in [-0.15, -0.1) is 0 Å². The second kappa shape index (κ2) is 7.43. The predicted octanol–water partition coefficient (Wildman–Crippen LogP) is 3.38. The van der Waals surface area contributed by atoms with Crippen LogP contribution in [0.1, 0.15) is 62.5 Å². The Bertz CT molecular complexity index is 487. The average molecular weight is 289 g/mol. The highest BCUT2D eigenvalue weighted by atomic mass is 16.1. The van der Waals surface area contributed by atoms with Crippen molar-refractivity contribution >= 4 is 11.7 Å². The molecule has 116 valence electrons. The lowest BCUT2D eigenvalue weighted by atomic mass is 10.1. The normalized spacial score (nSPS) is 20.1. The summed E-state index contributed by atoms with van der Waals surface area (Å²) in [6.45, 7) is 7.30. The number of rotatable bonds is 8. The van der Waals surface area contributed by atoms with Gasteiger partial charge in [0, 0.05) is 23.8 Å². The Balaban J connectivity index is 2.08. The minimum Gasteiger partial charge on any atom is -0.370 e. The maximum Gasteiger partial charge on any atom is 0.251 e. The van der Waals surface area contributed by atoms with E-state index in [2.05, 4.69) is 36.4 Å². The molecule has 2 atom stereocenters. The lowest BCUT2D eigenvalue weighted by Gasteiger charge is -2.10. The summed E-state index contributed by atoms with van der Waals surface area (Å²) in [5, 5.41) is 6.42. The highest BCUT2D eigenvalue weighted by Gasteiger charge is 2.36. The van der Waals surface area contributed by atoms with E-state index in [1.807, 2.05) is 12.1 Å². The zero-order valence-electron chi connectivity index (χ0n) is 13.4. The molecule has 4 nitrogen and oxygen atoms in total. The zero-order chi connectivity index (χ0) is 15.2. The second-order valence-corrected chi connectivity index (χ2v) is 5.89. The Labute approximate surface area is 127 Å². The molecule has 1 aromatic heterocycles. The Morgan fingerprint density at radius 2 is 2.10 bits per heavy atom. The van der Waals surface area contributed by atoms with Crippen LogP contribution in [0.25, 0.3) is 0 Å². The molecule has 1 aromatic rings. The van der Waals surface area contributed by atoms with Crippen LogP contribution >= 0.6 is 0 Å². The molecule has 0 radical (unpaired) electrons. The van der Waals surface area contributed by atoms with Crippen molar-refractivity contribution in [2.45, 2.75) is 58.9 Å². The highest BCUT2D eigenvalue weighted by Crippen LogP contribution is 2.33. The van der Waals surface area contributed by atoms with Gasteiger partial charge in [-0.2, -0.15) is 0 Å². The first kappa shape index (κ1) is 15.8. The van der Waals surface area contributed by atoms with E-state index in [0.29, 0.717) is 12.0 Å². The largest absolute Gasteiger partial charge is 0.370 e. The molecule has 0 aromatic carbocycles. The number of pyridine rings is 1. The molecule has 1 amide bonds. The Kier molecular flexibility index (Phi) is 5.59. The van der Waals surface area contributed by atoms with E-state index >= 15 is 0 Å². The molecule has 0 spiro atoms. The van der Waals surface area contributed by atoms with Gasteiger partial charge in [0.2, 0.25) is 0 Å². The summed E-state index contributed by atoms with van der Waals surface area (Å²) in [5.74, 6) is 1.52. The van der Waals surface area contributed by atoms with E-state index in [9.17, 15) is 4.79 Å². The first-order valence-electron chi connectivity index (χ1n) is 8.23. The van der Waals surface area contributed by atoms with Gasteiger partial charge in [-0.1, -0.05) is 33.6 Å². The number of amides is 1. The zero-order valence-corrected chi connectivity index (χ0v) is 13.4. The van der Waals surface area contributed by atoms with Gasteiger partial charge in [0.15, 0.2) is 0 Å². The molecule has 4 heteroatoms. The van der Waals surface area contributed by atoms with Gasteiger partial charge in [0.25, 0.3) is 5.91 Å². The second-order valence-electron chi connectivity index (χ2n) is 5.89. The minimum absolute atomic E-state index is 0.0373. The van der Waals surface area contributed by atoms with E-state index in [1.54, 1.807) is 0 Å². The van der Waals surface area contributed by atoms with Crippen molar-refractivity contribution in [3.05, 3.63) is 23.4 Å². The smallest absolute Gasteiger partial charge is 0.251 e. The summed E-state index contributed by atoms with van der Waals surface area (Å²) in [7, 11) is 0. The molecule has 2 rings (SSSR count). The molecule has 1 aliphatic rings. The van der Waals surface area contributed by atoms with Gasteiger partial charge in [0.05, 0.1) is 0 Å². The number of carbonyl (C=O) groups excluding carboxylic acids is 1. The highest BCUT2D eigenvalue weighted by molar-refractivity contribution is 5.95. The summed E-state index contributed by atoms with van der Waals surface area (Å²) in [5.41, 5.74) is 1.72. The first-order chi connectivity index (χ1) is 10.2. The van der Waals surface area contributed by atoms with E-state index in [1.165, 1.54) is 0 Å². The Morgan fingerprint density at radius 3 is 2.71 bits per heavy atom. The lowest BCUT2D eigenvalue weighted by Crippen LogP contribution is -2.27. The molecular weight excluding hydrogens is 262 g/mol. The predicted molar refractivity (Wildman–Crippen MR) is 86.7 cm³/mol. The number of aromatic nitrogens is 1. The fourth-order valence-corrected chi connectivity index (χ4v) is 2.57. The standard InChI is InChI=1S/C17H27N3O/c1-4-7-14-9-13(11-16(19-14)18-8-5-2)17(21)20-15-10-12(15)6-3/h9,11-12,15H,4-8,10H2,1-3H3,(H,18,19)(H,20,21). The number of hydrogen-bond donors (Lipinski definition) is 2. The molecule has 0 aliphatic heterocycles.